The van der Waals surface area contributed by atoms with Crippen LogP contribution in [-0.2, 0) is 0 Å². The number of hydrogen-bond donors (Lipinski definition) is 0. The van der Waals surface area contributed by atoms with Crippen molar-refractivity contribution in [2.45, 2.75) is 12.3 Å². The second-order valence-corrected chi connectivity index (χ2v) is 12.4. The van der Waals surface area contributed by atoms with Crippen LogP contribution in [0, 0.1) is 0 Å². The van der Waals surface area contributed by atoms with E-state index >= 15 is 0 Å². The van der Waals surface area contributed by atoms with E-state index in [1.807, 2.05) is 6.07 Å². The van der Waals surface area contributed by atoms with Crippen LogP contribution in [0.15, 0.2) is 158 Å². The average molecular weight is 588 g/mol. The number of fused-ring (bicyclic) bond motifs is 7. The first kappa shape index (κ1) is 25.5. The maximum Gasteiger partial charge on any atom is 0.135 e. The van der Waals surface area contributed by atoms with E-state index in [0.717, 1.165) is 17.9 Å². The third-order valence-corrected chi connectivity index (χ3v) is 9.96. The number of allylic oxidation sites excluding steroid dienone is 1. The lowest BCUT2D eigenvalue weighted by Gasteiger charge is -2.32. The second kappa shape index (κ2) is 9.82. The summed E-state index contributed by atoms with van der Waals surface area (Å²) >= 11 is 0. The van der Waals surface area contributed by atoms with E-state index in [0.29, 0.717) is 0 Å². The van der Waals surface area contributed by atoms with Gasteiger partial charge in [-0.2, -0.15) is 0 Å². The minimum atomic E-state index is 0.262. The molecule has 0 fully saturated rings. The van der Waals surface area contributed by atoms with E-state index in [1.165, 1.54) is 77.2 Å². The number of ether oxygens (including phenoxy) is 1. The molecule has 0 saturated carbocycles. The highest BCUT2D eigenvalue weighted by atomic mass is 16.5. The third kappa shape index (κ3) is 3.64. The predicted octanol–water partition coefficient (Wildman–Crippen LogP) is 11.5. The van der Waals surface area contributed by atoms with Crippen LogP contribution >= 0.6 is 0 Å². The van der Waals surface area contributed by atoms with Crippen LogP contribution in [0.4, 0.5) is 0 Å². The molecule has 1 aromatic heterocycles. The quantitative estimate of drug-likeness (QED) is 0.201. The topological polar surface area (TPSA) is 14.2 Å². The zero-order valence-electron chi connectivity index (χ0n) is 25.2. The summed E-state index contributed by atoms with van der Waals surface area (Å²) < 4.78 is 8.81. The molecule has 1 aliphatic carbocycles. The van der Waals surface area contributed by atoms with Crippen LogP contribution in [0.1, 0.15) is 29.0 Å². The predicted molar refractivity (Wildman–Crippen MR) is 191 cm³/mol. The Morgan fingerprint density at radius 1 is 0.543 bits per heavy atom. The molecule has 1 atom stereocenters. The summed E-state index contributed by atoms with van der Waals surface area (Å²) in [7, 11) is 0. The van der Waals surface area contributed by atoms with Gasteiger partial charge in [-0.05, 0) is 81.4 Å². The van der Waals surface area contributed by atoms with Crippen molar-refractivity contribution in [3.8, 4) is 33.7 Å². The highest BCUT2D eigenvalue weighted by Crippen LogP contribution is 2.49. The van der Waals surface area contributed by atoms with Gasteiger partial charge in [0, 0.05) is 33.5 Å². The van der Waals surface area contributed by atoms with E-state index in [-0.39, 0.29) is 5.92 Å². The fourth-order valence-corrected chi connectivity index (χ4v) is 7.97. The summed E-state index contributed by atoms with van der Waals surface area (Å²) in [4.78, 5) is 0. The Labute approximate surface area is 267 Å². The smallest absolute Gasteiger partial charge is 0.135 e. The molecule has 2 nitrogen and oxygen atoms in total. The summed E-state index contributed by atoms with van der Waals surface area (Å²) in [6.45, 7) is 0. The molecule has 7 aromatic carbocycles. The molecule has 2 aliphatic rings. The van der Waals surface area contributed by atoms with E-state index in [1.54, 1.807) is 0 Å². The number of rotatable bonds is 3. The highest BCUT2D eigenvalue weighted by molar-refractivity contribution is 6.23. The lowest BCUT2D eigenvalue weighted by molar-refractivity contribution is 0.503. The Bertz CT molecular complexity index is 2530. The zero-order chi connectivity index (χ0) is 30.2. The molecule has 0 amide bonds. The molecule has 1 unspecified atom stereocenters. The lowest BCUT2D eigenvalue weighted by atomic mass is 9.77. The molecule has 0 N–H and O–H groups in total. The fourth-order valence-electron chi connectivity index (χ4n) is 7.97. The molecule has 10 rings (SSSR count). The maximum absolute atomic E-state index is 6.42. The van der Waals surface area contributed by atoms with Crippen molar-refractivity contribution in [1.82, 2.24) is 4.57 Å². The zero-order valence-corrected chi connectivity index (χ0v) is 25.2. The molecule has 0 saturated heterocycles. The van der Waals surface area contributed by atoms with Gasteiger partial charge in [0.05, 0.1) is 11.0 Å². The fraction of sp³-hybridized carbons (Fsp3) is 0.0455. The first-order chi connectivity index (χ1) is 22.8. The standard InChI is InChI=1S/C44H29NO/c1-2-13-30(14-3-1)45-39-21-6-4-16-38(39)43-36-19-9-17-31(33(36)23-25-40(43)45)28-11-8-12-29(27-28)32-24-26-42-44-35(32)18-10-20-37(44)34-15-5-7-22-41(34)46-42/h1-23,25-27,32H,24H2. The van der Waals surface area contributed by atoms with Crippen molar-refractivity contribution < 1.29 is 4.74 Å². The number of aromatic nitrogens is 1. The van der Waals surface area contributed by atoms with Crippen molar-refractivity contribution in [2.24, 2.45) is 0 Å². The summed E-state index contributed by atoms with van der Waals surface area (Å²) in [6, 6.07) is 55.2. The number of para-hydroxylation sites is 3. The van der Waals surface area contributed by atoms with Gasteiger partial charge >= 0.3 is 0 Å². The summed E-state index contributed by atoms with van der Waals surface area (Å²) in [5.41, 5.74) is 12.5. The minimum Gasteiger partial charge on any atom is -0.456 e. The van der Waals surface area contributed by atoms with Crippen molar-refractivity contribution >= 4 is 38.3 Å². The van der Waals surface area contributed by atoms with Gasteiger partial charge < -0.3 is 9.30 Å². The molecule has 1 aliphatic heterocycles. The molecule has 216 valence electrons. The van der Waals surface area contributed by atoms with Crippen LogP contribution < -0.4 is 4.74 Å². The second-order valence-electron chi connectivity index (χ2n) is 12.4. The van der Waals surface area contributed by atoms with Gasteiger partial charge in [-0.1, -0.05) is 121 Å². The van der Waals surface area contributed by atoms with E-state index in [2.05, 4.69) is 156 Å². The monoisotopic (exact) mass is 587 g/mol. The Morgan fingerprint density at radius 3 is 2.26 bits per heavy atom. The summed E-state index contributed by atoms with van der Waals surface area (Å²) in [6.07, 6.45) is 3.20. The SMILES string of the molecule is C1=C2Oc3ccccc3-c3cccc(c32)C(c2cccc(-c3cccc4c3ccc3c4c4ccccc4n3-c3ccccc3)c2)C1. The third-order valence-electron chi connectivity index (χ3n) is 9.96. The summed E-state index contributed by atoms with van der Waals surface area (Å²) in [5.74, 6) is 2.19. The molecule has 2 heterocycles. The van der Waals surface area contributed by atoms with E-state index in [9.17, 15) is 0 Å². The van der Waals surface area contributed by atoms with Crippen LogP contribution in [0.3, 0.4) is 0 Å². The molecule has 0 radical (unpaired) electrons. The van der Waals surface area contributed by atoms with Crippen LogP contribution in [0.5, 0.6) is 5.75 Å². The van der Waals surface area contributed by atoms with Gasteiger partial charge in [0.25, 0.3) is 0 Å². The Hall–Kier alpha value is -5.86. The minimum absolute atomic E-state index is 0.262. The maximum atomic E-state index is 6.42. The number of nitrogens with zero attached hydrogens (tertiary/aromatic N) is 1. The molecule has 8 aromatic rings. The molecular weight excluding hydrogens is 558 g/mol. The van der Waals surface area contributed by atoms with Crippen LogP contribution in [0.25, 0.3) is 66.3 Å². The molecule has 0 bridgehead atoms. The van der Waals surface area contributed by atoms with Crippen molar-refractivity contribution in [1.29, 1.82) is 0 Å². The van der Waals surface area contributed by atoms with Crippen LogP contribution in [-0.4, -0.2) is 4.57 Å². The van der Waals surface area contributed by atoms with Gasteiger partial charge in [-0.3, -0.25) is 0 Å². The van der Waals surface area contributed by atoms with Crippen molar-refractivity contribution in [2.75, 3.05) is 0 Å². The lowest BCUT2D eigenvalue weighted by Crippen LogP contribution is -2.15. The van der Waals surface area contributed by atoms with Gasteiger partial charge in [-0.15, -0.1) is 0 Å². The number of benzene rings is 7. The van der Waals surface area contributed by atoms with Crippen LogP contribution in [0.2, 0.25) is 0 Å². The summed E-state index contributed by atoms with van der Waals surface area (Å²) in [5, 5.41) is 5.14. The van der Waals surface area contributed by atoms with E-state index < -0.39 is 0 Å². The largest absolute Gasteiger partial charge is 0.456 e. The van der Waals surface area contributed by atoms with Crippen molar-refractivity contribution in [3.05, 3.63) is 174 Å². The highest BCUT2D eigenvalue weighted by Gasteiger charge is 2.31. The Morgan fingerprint density at radius 2 is 1.30 bits per heavy atom. The first-order valence-electron chi connectivity index (χ1n) is 16.0. The molecule has 0 spiro atoms. The van der Waals surface area contributed by atoms with Crippen molar-refractivity contribution in [3.63, 3.8) is 0 Å². The normalized spacial score (nSPS) is 15.0. The molecule has 2 heteroatoms. The van der Waals surface area contributed by atoms with Gasteiger partial charge in [0.2, 0.25) is 0 Å². The van der Waals surface area contributed by atoms with Gasteiger partial charge in [-0.25, -0.2) is 0 Å². The molecular formula is C44H29NO. The van der Waals surface area contributed by atoms with E-state index in [4.69, 9.17) is 4.74 Å². The molecule has 46 heavy (non-hydrogen) atoms. The number of hydrogen-bond acceptors (Lipinski definition) is 1. The average Bonchev–Trinajstić information content (AvgIpc) is 3.47. The Balaban J connectivity index is 1.13. The van der Waals surface area contributed by atoms with Gasteiger partial charge in [0.1, 0.15) is 11.5 Å². The first-order valence-corrected chi connectivity index (χ1v) is 16.0. The Kier molecular flexibility index (Phi) is 5.44. The van der Waals surface area contributed by atoms with Gasteiger partial charge in [0.15, 0.2) is 0 Å².